The number of hydrogen-bond acceptors (Lipinski definition) is 6. The van der Waals surface area contributed by atoms with Gasteiger partial charge in [-0.05, 0) is 49.7 Å². The van der Waals surface area contributed by atoms with Crippen molar-refractivity contribution < 1.29 is 42.4 Å². The summed E-state index contributed by atoms with van der Waals surface area (Å²) in [5, 5.41) is 9.76. The standard InChI is InChI=1S/C26H31Cl2F2NO7/c1-3-36-23(24(32)33)16-18-4-7-20(8-5-18)37-15-12-31(11-14-35-13-10-26(2,29)30)25(34)38-22-9-6-19(27)17-21(22)28/h4-9,17,23H,3,10-16H2,1-2H3,(H,32,33). The summed E-state index contributed by atoms with van der Waals surface area (Å²) in [5.41, 5.74) is 0.762. The highest BCUT2D eigenvalue weighted by atomic mass is 35.5. The summed E-state index contributed by atoms with van der Waals surface area (Å²) in [6.45, 7) is 2.93. The number of hydrogen-bond donors (Lipinski definition) is 1. The van der Waals surface area contributed by atoms with Gasteiger partial charge in [-0.1, -0.05) is 35.3 Å². The van der Waals surface area contributed by atoms with Gasteiger partial charge in [-0.2, -0.15) is 0 Å². The highest BCUT2D eigenvalue weighted by Crippen LogP contribution is 2.28. The topological polar surface area (TPSA) is 94.5 Å². The molecule has 0 radical (unpaired) electrons. The highest BCUT2D eigenvalue weighted by molar-refractivity contribution is 6.35. The van der Waals surface area contributed by atoms with Gasteiger partial charge in [0.15, 0.2) is 11.9 Å². The van der Waals surface area contributed by atoms with E-state index in [1.165, 1.54) is 23.1 Å². The smallest absolute Gasteiger partial charge is 0.415 e. The van der Waals surface area contributed by atoms with Crippen LogP contribution in [0.1, 0.15) is 25.8 Å². The Morgan fingerprint density at radius 3 is 2.34 bits per heavy atom. The van der Waals surface area contributed by atoms with E-state index in [1.807, 2.05) is 0 Å². The van der Waals surface area contributed by atoms with Gasteiger partial charge in [-0.15, -0.1) is 0 Å². The lowest BCUT2D eigenvalue weighted by molar-refractivity contribution is -0.149. The zero-order chi connectivity index (χ0) is 28.1. The van der Waals surface area contributed by atoms with Crippen molar-refractivity contribution in [1.82, 2.24) is 4.90 Å². The number of carboxylic acid groups (broad SMARTS) is 1. The summed E-state index contributed by atoms with van der Waals surface area (Å²) in [7, 11) is 0. The van der Waals surface area contributed by atoms with Gasteiger partial charge >= 0.3 is 12.1 Å². The molecule has 0 fully saturated rings. The number of benzene rings is 2. The molecule has 2 aromatic rings. The normalized spacial score (nSPS) is 12.2. The molecular weight excluding hydrogens is 547 g/mol. The minimum atomic E-state index is -2.84. The van der Waals surface area contributed by atoms with E-state index < -0.39 is 30.5 Å². The SMILES string of the molecule is CCOC(Cc1ccc(OCCN(CCOCCC(C)(F)F)C(=O)Oc2ccc(Cl)cc2Cl)cc1)C(=O)O. The van der Waals surface area contributed by atoms with Crippen molar-refractivity contribution in [3.05, 3.63) is 58.1 Å². The molecule has 1 unspecified atom stereocenters. The largest absolute Gasteiger partial charge is 0.492 e. The van der Waals surface area contributed by atoms with Crippen LogP contribution in [0.25, 0.3) is 0 Å². The van der Waals surface area contributed by atoms with E-state index in [0.29, 0.717) is 10.8 Å². The van der Waals surface area contributed by atoms with Gasteiger partial charge in [0, 0.05) is 31.0 Å². The second-order valence-corrected chi connectivity index (χ2v) is 9.18. The number of rotatable bonds is 16. The van der Waals surface area contributed by atoms with Crippen LogP contribution in [0.2, 0.25) is 10.0 Å². The number of amides is 1. The molecule has 1 atom stereocenters. The molecule has 210 valence electrons. The maximum Gasteiger partial charge on any atom is 0.415 e. The summed E-state index contributed by atoms with van der Waals surface area (Å²) >= 11 is 12.0. The van der Waals surface area contributed by atoms with E-state index in [4.69, 9.17) is 42.1 Å². The van der Waals surface area contributed by atoms with Gasteiger partial charge in [-0.3, -0.25) is 0 Å². The molecule has 0 bridgehead atoms. The average molecular weight is 578 g/mol. The molecule has 0 spiro atoms. The molecule has 0 saturated carbocycles. The second-order valence-electron chi connectivity index (χ2n) is 8.34. The maximum atomic E-state index is 13.0. The number of aliphatic carboxylic acids is 1. The molecule has 12 heteroatoms. The van der Waals surface area contributed by atoms with Crippen molar-refractivity contribution in [1.29, 1.82) is 0 Å². The van der Waals surface area contributed by atoms with Crippen LogP contribution >= 0.6 is 23.2 Å². The third-order valence-electron chi connectivity index (χ3n) is 5.16. The summed E-state index contributed by atoms with van der Waals surface area (Å²) in [4.78, 5) is 25.4. The third-order valence-corrected chi connectivity index (χ3v) is 5.69. The first-order chi connectivity index (χ1) is 18.0. The summed E-state index contributed by atoms with van der Waals surface area (Å²) in [6.07, 6.45) is -1.89. The van der Waals surface area contributed by atoms with Gasteiger partial charge in [0.1, 0.15) is 12.4 Å². The van der Waals surface area contributed by atoms with Gasteiger partial charge in [0.05, 0.1) is 24.8 Å². The first-order valence-corrected chi connectivity index (χ1v) is 12.7. The zero-order valence-electron chi connectivity index (χ0n) is 21.1. The van der Waals surface area contributed by atoms with Crippen LogP contribution in [-0.4, -0.2) is 73.6 Å². The molecule has 0 heterocycles. The number of halogens is 4. The van der Waals surface area contributed by atoms with Crippen molar-refractivity contribution in [2.24, 2.45) is 0 Å². The lowest BCUT2D eigenvalue weighted by atomic mass is 10.1. The number of carbonyl (C=O) groups excluding carboxylic acids is 1. The third kappa shape index (κ3) is 11.8. The number of carboxylic acids is 1. The average Bonchev–Trinajstić information content (AvgIpc) is 2.84. The molecule has 0 saturated heterocycles. The monoisotopic (exact) mass is 577 g/mol. The van der Waals surface area contributed by atoms with Gasteiger partial charge < -0.3 is 29.0 Å². The van der Waals surface area contributed by atoms with Gasteiger partial charge in [0.2, 0.25) is 5.92 Å². The Balaban J connectivity index is 1.94. The Bertz CT molecular complexity index is 1040. The Morgan fingerprint density at radius 2 is 1.74 bits per heavy atom. The first-order valence-electron chi connectivity index (χ1n) is 11.9. The predicted octanol–water partition coefficient (Wildman–Crippen LogP) is 5.97. The van der Waals surface area contributed by atoms with E-state index in [2.05, 4.69) is 0 Å². The fourth-order valence-corrected chi connectivity index (χ4v) is 3.61. The molecule has 38 heavy (non-hydrogen) atoms. The van der Waals surface area contributed by atoms with Crippen LogP contribution in [0.3, 0.4) is 0 Å². The van der Waals surface area contributed by atoms with Crippen molar-refractivity contribution in [2.75, 3.05) is 39.5 Å². The Morgan fingerprint density at radius 1 is 1.05 bits per heavy atom. The molecule has 8 nitrogen and oxygen atoms in total. The molecule has 1 amide bonds. The molecular formula is C26H31Cl2F2NO7. The molecule has 2 rings (SSSR count). The minimum Gasteiger partial charge on any atom is -0.492 e. The number of ether oxygens (including phenoxy) is 4. The van der Waals surface area contributed by atoms with Crippen LogP contribution < -0.4 is 9.47 Å². The van der Waals surface area contributed by atoms with Crippen LogP contribution in [0.5, 0.6) is 11.5 Å². The number of alkyl halides is 2. The van der Waals surface area contributed by atoms with Gasteiger partial charge in [-0.25, -0.2) is 18.4 Å². The van der Waals surface area contributed by atoms with Crippen LogP contribution in [-0.2, 0) is 20.7 Å². The predicted molar refractivity (Wildman–Crippen MR) is 139 cm³/mol. The fourth-order valence-electron chi connectivity index (χ4n) is 3.17. The number of nitrogens with zero attached hydrogens (tertiary/aromatic N) is 1. The molecule has 0 aliphatic rings. The van der Waals surface area contributed by atoms with E-state index in [0.717, 1.165) is 12.5 Å². The summed E-state index contributed by atoms with van der Waals surface area (Å²) in [6, 6.07) is 11.2. The quantitative estimate of drug-likeness (QED) is 0.246. The van der Waals surface area contributed by atoms with Crippen molar-refractivity contribution >= 4 is 35.3 Å². The second kappa shape index (κ2) is 15.7. The number of carbonyl (C=O) groups is 2. The Labute approximate surface area is 230 Å². The molecule has 0 aromatic heterocycles. The first kappa shape index (κ1) is 31.6. The Hall–Kier alpha value is -2.66. The fraction of sp³-hybridized carbons (Fsp3) is 0.462. The van der Waals surface area contributed by atoms with Crippen molar-refractivity contribution in [3.8, 4) is 11.5 Å². The molecule has 1 N–H and O–H groups in total. The van der Waals surface area contributed by atoms with Crippen LogP contribution in [0.15, 0.2) is 42.5 Å². The van der Waals surface area contributed by atoms with E-state index >= 15 is 0 Å². The van der Waals surface area contributed by atoms with Crippen molar-refractivity contribution in [2.45, 2.75) is 38.7 Å². The Kier molecular flexibility index (Phi) is 13.0. The lowest BCUT2D eigenvalue weighted by Gasteiger charge is -2.22. The molecule has 0 aliphatic heterocycles. The van der Waals surface area contributed by atoms with E-state index in [9.17, 15) is 23.5 Å². The van der Waals surface area contributed by atoms with E-state index in [1.54, 1.807) is 31.2 Å². The molecule has 2 aromatic carbocycles. The highest BCUT2D eigenvalue weighted by Gasteiger charge is 2.21. The minimum absolute atomic E-state index is 0.0127. The van der Waals surface area contributed by atoms with E-state index in [-0.39, 0.29) is 56.7 Å². The maximum absolute atomic E-state index is 13.0. The van der Waals surface area contributed by atoms with Crippen molar-refractivity contribution in [3.63, 3.8) is 0 Å². The molecule has 0 aliphatic carbocycles. The zero-order valence-corrected chi connectivity index (χ0v) is 22.6. The summed E-state index contributed by atoms with van der Waals surface area (Å²) in [5.74, 6) is -3.26. The summed E-state index contributed by atoms with van der Waals surface area (Å²) < 4.78 is 47.6. The van der Waals surface area contributed by atoms with Crippen LogP contribution in [0.4, 0.5) is 13.6 Å². The lowest BCUT2D eigenvalue weighted by Crippen LogP contribution is -2.39. The van der Waals surface area contributed by atoms with Crippen LogP contribution in [0, 0.1) is 0 Å². The van der Waals surface area contributed by atoms with Gasteiger partial charge in [0.25, 0.3) is 0 Å².